The number of nitrogens with zero attached hydrogens (tertiary/aromatic N) is 1. The molecule has 0 aliphatic carbocycles. The van der Waals surface area contributed by atoms with Crippen molar-refractivity contribution in [3.05, 3.63) is 63.4 Å². The second-order valence-corrected chi connectivity index (χ2v) is 5.40. The average Bonchev–Trinajstić information content (AvgIpc) is 2.27. The number of rotatable bonds is 3. The van der Waals surface area contributed by atoms with E-state index in [1.807, 2.05) is 13.8 Å². The zero-order chi connectivity index (χ0) is 13.1. The van der Waals surface area contributed by atoms with Crippen LogP contribution in [0.3, 0.4) is 0 Å². The van der Waals surface area contributed by atoms with Crippen molar-refractivity contribution < 1.29 is 4.79 Å². The highest BCUT2D eigenvalue weighted by Gasteiger charge is 2.08. The molecule has 1 aromatic carbocycles. The summed E-state index contributed by atoms with van der Waals surface area (Å²) in [7, 11) is 0. The van der Waals surface area contributed by atoms with Crippen LogP contribution in [0.4, 0.5) is 0 Å². The smallest absolute Gasteiger partial charge is 0.168 e. The lowest BCUT2D eigenvalue weighted by Gasteiger charge is -2.05. The van der Waals surface area contributed by atoms with Crippen molar-refractivity contribution in [2.24, 2.45) is 0 Å². The summed E-state index contributed by atoms with van der Waals surface area (Å²) in [5.74, 6) is 0.0915. The first-order valence-electron chi connectivity index (χ1n) is 5.75. The van der Waals surface area contributed by atoms with Crippen LogP contribution in [0.5, 0.6) is 0 Å². The molecule has 0 fully saturated rings. The van der Waals surface area contributed by atoms with E-state index in [1.165, 1.54) is 11.1 Å². The fourth-order valence-electron chi connectivity index (χ4n) is 2.02. The predicted molar refractivity (Wildman–Crippen MR) is 75.9 cm³/mol. The first-order chi connectivity index (χ1) is 8.54. The summed E-state index contributed by atoms with van der Waals surface area (Å²) in [6, 6.07) is 8.01. The topological polar surface area (TPSA) is 30.0 Å². The van der Waals surface area contributed by atoms with Crippen LogP contribution >= 0.6 is 15.9 Å². The third-order valence-corrected chi connectivity index (χ3v) is 3.11. The lowest BCUT2D eigenvalue weighted by Crippen LogP contribution is -2.04. The van der Waals surface area contributed by atoms with E-state index < -0.39 is 0 Å². The molecule has 0 aliphatic rings. The zero-order valence-electron chi connectivity index (χ0n) is 10.4. The van der Waals surface area contributed by atoms with Gasteiger partial charge in [0.1, 0.15) is 0 Å². The molecule has 0 amide bonds. The number of aromatic nitrogens is 1. The molecule has 92 valence electrons. The average molecular weight is 304 g/mol. The Morgan fingerprint density at radius 3 is 2.39 bits per heavy atom. The van der Waals surface area contributed by atoms with E-state index >= 15 is 0 Å². The van der Waals surface area contributed by atoms with Gasteiger partial charge in [-0.3, -0.25) is 9.78 Å². The van der Waals surface area contributed by atoms with Crippen LogP contribution in [0, 0.1) is 13.8 Å². The molecule has 0 N–H and O–H groups in total. The second-order valence-electron chi connectivity index (χ2n) is 4.49. The summed E-state index contributed by atoms with van der Waals surface area (Å²) in [5, 5.41) is 0. The van der Waals surface area contributed by atoms with Gasteiger partial charge in [0.25, 0.3) is 0 Å². The van der Waals surface area contributed by atoms with Gasteiger partial charge >= 0.3 is 0 Å². The van der Waals surface area contributed by atoms with E-state index in [0.29, 0.717) is 12.0 Å². The van der Waals surface area contributed by atoms with Crippen LogP contribution in [0.1, 0.15) is 27.0 Å². The van der Waals surface area contributed by atoms with Crippen LogP contribution in [0.2, 0.25) is 0 Å². The Balaban J connectivity index is 2.21. The summed E-state index contributed by atoms with van der Waals surface area (Å²) in [6.45, 7) is 4.09. The zero-order valence-corrected chi connectivity index (χ0v) is 12.0. The largest absolute Gasteiger partial charge is 0.294 e. The Labute approximate surface area is 115 Å². The van der Waals surface area contributed by atoms with Gasteiger partial charge in [-0.1, -0.05) is 29.3 Å². The molecule has 1 heterocycles. The van der Waals surface area contributed by atoms with E-state index in [0.717, 1.165) is 10.0 Å². The minimum Gasteiger partial charge on any atom is -0.294 e. The molecule has 0 aliphatic heterocycles. The van der Waals surface area contributed by atoms with Crippen LogP contribution in [0.15, 0.2) is 41.1 Å². The molecule has 0 bridgehead atoms. The molecular formula is C15H14BrNO. The van der Waals surface area contributed by atoms with E-state index in [4.69, 9.17) is 0 Å². The van der Waals surface area contributed by atoms with Crippen molar-refractivity contribution in [2.75, 3.05) is 0 Å². The van der Waals surface area contributed by atoms with Gasteiger partial charge in [0.05, 0.1) is 0 Å². The maximum absolute atomic E-state index is 12.1. The molecule has 0 unspecified atom stereocenters. The van der Waals surface area contributed by atoms with E-state index in [2.05, 4.69) is 39.1 Å². The summed E-state index contributed by atoms with van der Waals surface area (Å²) >= 11 is 3.32. The fourth-order valence-corrected chi connectivity index (χ4v) is 2.39. The number of hydrogen-bond donors (Lipinski definition) is 0. The summed E-state index contributed by atoms with van der Waals surface area (Å²) in [4.78, 5) is 16.1. The number of Topliss-reactive ketones (excluding diaryl/α,β-unsaturated/α-hetero) is 1. The highest BCUT2D eigenvalue weighted by Crippen LogP contribution is 2.14. The molecule has 2 aromatic rings. The first kappa shape index (κ1) is 13.0. The van der Waals surface area contributed by atoms with Crippen molar-refractivity contribution in [1.82, 2.24) is 4.98 Å². The summed E-state index contributed by atoms with van der Waals surface area (Å²) in [6.07, 6.45) is 3.70. The van der Waals surface area contributed by atoms with Crippen LogP contribution < -0.4 is 0 Å². The van der Waals surface area contributed by atoms with Crippen molar-refractivity contribution in [3.8, 4) is 0 Å². The van der Waals surface area contributed by atoms with E-state index in [-0.39, 0.29) is 5.78 Å². The third-order valence-electron chi connectivity index (χ3n) is 2.67. The molecule has 2 nitrogen and oxygen atoms in total. The van der Waals surface area contributed by atoms with Gasteiger partial charge in [0, 0.05) is 28.9 Å². The number of aryl methyl sites for hydroxylation is 2. The third kappa shape index (κ3) is 3.26. The normalized spacial score (nSPS) is 10.4. The van der Waals surface area contributed by atoms with Gasteiger partial charge in [-0.05, 0) is 41.4 Å². The van der Waals surface area contributed by atoms with Crippen molar-refractivity contribution >= 4 is 21.7 Å². The molecule has 0 spiro atoms. The molecule has 18 heavy (non-hydrogen) atoms. The molecule has 0 radical (unpaired) electrons. The van der Waals surface area contributed by atoms with Crippen molar-refractivity contribution in [2.45, 2.75) is 20.3 Å². The SMILES string of the molecule is Cc1cc(C)cc(CC(=O)c2cncc(Br)c2)c1. The minimum absolute atomic E-state index is 0.0915. The van der Waals surface area contributed by atoms with Crippen molar-refractivity contribution in [3.63, 3.8) is 0 Å². The number of halogens is 1. The van der Waals surface area contributed by atoms with E-state index in [9.17, 15) is 4.79 Å². The number of carbonyl (C=O) groups is 1. The lowest BCUT2D eigenvalue weighted by atomic mass is 10.0. The van der Waals surface area contributed by atoms with Gasteiger partial charge in [-0.15, -0.1) is 0 Å². The number of ketones is 1. The Kier molecular flexibility index (Phi) is 3.92. The number of benzene rings is 1. The van der Waals surface area contributed by atoms with Gasteiger partial charge in [0.15, 0.2) is 5.78 Å². The highest BCUT2D eigenvalue weighted by atomic mass is 79.9. The summed E-state index contributed by atoms with van der Waals surface area (Å²) < 4.78 is 0.828. The fraction of sp³-hybridized carbons (Fsp3) is 0.200. The Morgan fingerprint density at radius 1 is 1.11 bits per heavy atom. The standard InChI is InChI=1S/C15H14BrNO/c1-10-3-11(2)5-12(4-10)6-15(18)13-7-14(16)9-17-8-13/h3-5,7-9H,6H2,1-2H3. The Morgan fingerprint density at radius 2 is 1.78 bits per heavy atom. The highest BCUT2D eigenvalue weighted by molar-refractivity contribution is 9.10. The van der Waals surface area contributed by atoms with Crippen LogP contribution in [-0.4, -0.2) is 10.8 Å². The molecule has 0 saturated carbocycles. The van der Waals surface area contributed by atoms with Gasteiger partial charge < -0.3 is 0 Å². The quantitative estimate of drug-likeness (QED) is 0.805. The first-order valence-corrected chi connectivity index (χ1v) is 6.55. The van der Waals surface area contributed by atoms with Crippen LogP contribution in [0.25, 0.3) is 0 Å². The molecule has 2 rings (SSSR count). The summed E-state index contributed by atoms with van der Waals surface area (Å²) in [5.41, 5.74) is 4.07. The van der Waals surface area contributed by atoms with Crippen molar-refractivity contribution in [1.29, 1.82) is 0 Å². The maximum atomic E-state index is 12.1. The lowest BCUT2D eigenvalue weighted by molar-refractivity contribution is 0.0992. The molecule has 3 heteroatoms. The number of carbonyl (C=O) groups excluding carboxylic acids is 1. The van der Waals surface area contributed by atoms with Crippen LogP contribution in [-0.2, 0) is 6.42 Å². The van der Waals surface area contributed by atoms with Gasteiger partial charge in [0.2, 0.25) is 0 Å². The Hall–Kier alpha value is -1.48. The number of hydrogen-bond acceptors (Lipinski definition) is 2. The van der Waals surface area contributed by atoms with Gasteiger partial charge in [-0.2, -0.15) is 0 Å². The molecular weight excluding hydrogens is 290 g/mol. The van der Waals surface area contributed by atoms with E-state index in [1.54, 1.807) is 18.5 Å². The number of pyridine rings is 1. The Bertz CT molecular complexity index is 573. The molecule has 1 aromatic heterocycles. The second kappa shape index (κ2) is 5.44. The van der Waals surface area contributed by atoms with Gasteiger partial charge in [-0.25, -0.2) is 0 Å². The predicted octanol–water partition coefficient (Wildman–Crippen LogP) is 3.89. The minimum atomic E-state index is 0.0915. The monoisotopic (exact) mass is 303 g/mol. The molecule has 0 saturated heterocycles. The molecule has 0 atom stereocenters. The maximum Gasteiger partial charge on any atom is 0.168 e.